The molecule has 0 spiro atoms. The van der Waals surface area contributed by atoms with Crippen molar-refractivity contribution < 1.29 is 14.3 Å². The van der Waals surface area contributed by atoms with Crippen LogP contribution in [0.15, 0.2) is 18.2 Å². The number of hydrogen-bond acceptors (Lipinski definition) is 4. The number of carbonyl (C=O) groups excluding carboxylic acids is 2. The summed E-state index contributed by atoms with van der Waals surface area (Å²) in [7, 11) is 1.66. The Morgan fingerprint density at radius 1 is 1.10 bits per heavy atom. The first kappa shape index (κ1) is 23.4. The largest absolute Gasteiger partial charge is 0.385 e. The molecule has 1 heterocycles. The van der Waals surface area contributed by atoms with Gasteiger partial charge in [0.2, 0.25) is 0 Å². The van der Waals surface area contributed by atoms with Gasteiger partial charge in [-0.15, -0.1) is 0 Å². The molecule has 1 saturated carbocycles. The van der Waals surface area contributed by atoms with Gasteiger partial charge in [-0.2, -0.15) is 0 Å². The van der Waals surface area contributed by atoms with Gasteiger partial charge in [-0.25, -0.2) is 4.79 Å². The average molecular weight is 431 g/mol. The summed E-state index contributed by atoms with van der Waals surface area (Å²) in [6, 6.07) is 5.72. The molecule has 1 aromatic carbocycles. The molecule has 0 bridgehead atoms. The van der Waals surface area contributed by atoms with Crippen molar-refractivity contribution in [2.24, 2.45) is 5.92 Å². The molecule has 0 radical (unpaired) electrons. The fourth-order valence-electron chi connectivity index (χ4n) is 4.43. The van der Waals surface area contributed by atoms with Crippen molar-refractivity contribution in [3.8, 4) is 0 Å². The van der Waals surface area contributed by atoms with E-state index in [1.807, 2.05) is 12.1 Å². The number of benzene rings is 1. The standard InChI is InChI=1S/C24H38N4O3/c1-18-11-14-28(15-12-18)22-10-9-20(17-21(22)23(29)25-13-6-16-31-2)27-24(30)26-19-7-4-3-5-8-19/h9-10,17-19H,3-8,11-16H2,1-2H3,(H,25,29)(H2,26,27,30). The molecule has 1 saturated heterocycles. The first-order chi connectivity index (χ1) is 15.1. The van der Waals surface area contributed by atoms with E-state index in [0.717, 1.165) is 50.9 Å². The van der Waals surface area contributed by atoms with E-state index in [0.29, 0.717) is 30.3 Å². The van der Waals surface area contributed by atoms with E-state index < -0.39 is 0 Å². The van der Waals surface area contributed by atoms with Crippen molar-refractivity contribution in [1.82, 2.24) is 10.6 Å². The predicted octanol–water partition coefficient (Wildman–Crippen LogP) is 4.14. The zero-order valence-electron chi connectivity index (χ0n) is 19.0. The molecule has 1 aliphatic carbocycles. The van der Waals surface area contributed by atoms with E-state index in [-0.39, 0.29) is 18.0 Å². The summed E-state index contributed by atoms with van der Waals surface area (Å²) in [5.74, 6) is 0.605. The van der Waals surface area contributed by atoms with Crippen LogP contribution in [-0.4, -0.2) is 51.3 Å². The molecule has 1 aromatic rings. The fraction of sp³-hybridized carbons (Fsp3) is 0.667. The van der Waals surface area contributed by atoms with Crippen LogP contribution < -0.4 is 20.9 Å². The van der Waals surface area contributed by atoms with Gasteiger partial charge >= 0.3 is 6.03 Å². The number of amides is 3. The Labute approximate surface area is 186 Å². The summed E-state index contributed by atoms with van der Waals surface area (Å²) in [5.41, 5.74) is 2.20. The first-order valence-electron chi connectivity index (χ1n) is 11.8. The molecular weight excluding hydrogens is 392 g/mol. The van der Waals surface area contributed by atoms with Gasteiger partial charge in [0, 0.05) is 50.8 Å². The molecule has 2 aliphatic rings. The summed E-state index contributed by atoms with van der Waals surface area (Å²) < 4.78 is 5.07. The highest BCUT2D eigenvalue weighted by molar-refractivity contribution is 6.02. The van der Waals surface area contributed by atoms with Crippen molar-refractivity contribution in [2.45, 2.75) is 64.3 Å². The van der Waals surface area contributed by atoms with Crippen LogP contribution in [0.5, 0.6) is 0 Å². The Balaban J connectivity index is 1.70. The molecule has 7 nitrogen and oxygen atoms in total. The number of methoxy groups -OCH3 is 1. The maximum atomic E-state index is 13.0. The topological polar surface area (TPSA) is 82.7 Å². The highest BCUT2D eigenvalue weighted by Gasteiger charge is 2.22. The third-order valence-electron chi connectivity index (χ3n) is 6.37. The van der Waals surface area contributed by atoms with Gasteiger partial charge in [0.05, 0.1) is 5.56 Å². The van der Waals surface area contributed by atoms with Crippen LogP contribution in [0, 0.1) is 5.92 Å². The van der Waals surface area contributed by atoms with Crippen LogP contribution in [0.4, 0.5) is 16.2 Å². The van der Waals surface area contributed by atoms with E-state index in [4.69, 9.17) is 4.74 Å². The lowest BCUT2D eigenvalue weighted by molar-refractivity contribution is 0.0949. The zero-order chi connectivity index (χ0) is 22.1. The highest BCUT2D eigenvalue weighted by atomic mass is 16.5. The smallest absolute Gasteiger partial charge is 0.319 e. The second-order valence-electron chi connectivity index (χ2n) is 8.94. The molecule has 3 N–H and O–H groups in total. The number of nitrogens with zero attached hydrogens (tertiary/aromatic N) is 1. The molecule has 0 unspecified atom stereocenters. The molecule has 7 heteroatoms. The molecule has 2 fully saturated rings. The van der Waals surface area contributed by atoms with Crippen molar-refractivity contribution in [1.29, 1.82) is 0 Å². The minimum Gasteiger partial charge on any atom is -0.385 e. The van der Waals surface area contributed by atoms with Crippen LogP contribution in [0.25, 0.3) is 0 Å². The van der Waals surface area contributed by atoms with Gasteiger partial charge in [0.25, 0.3) is 5.91 Å². The minimum absolute atomic E-state index is 0.110. The number of ether oxygens (including phenoxy) is 1. The van der Waals surface area contributed by atoms with Crippen molar-refractivity contribution in [2.75, 3.05) is 43.6 Å². The molecule has 3 amide bonds. The third-order valence-corrected chi connectivity index (χ3v) is 6.37. The summed E-state index contributed by atoms with van der Waals surface area (Å²) in [5, 5.41) is 9.00. The zero-order valence-corrected chi connectivity index (χ0v) is 19.0. The number of piperidine rings is 1. The van der Waals surface area contributed by atoms with Crippen molar-refractivity contribution in [3.05, 3.63) is 23.8 Å². The molecule has 1 aliphatic heterocycles. The lowest BCUT2D eigenvalue weighted by Gasteiger charge is -2.33. The Morgan fingerprint density at radius 3 is 2.55 bits per heavy atom. The number of anilines is 2. The minimum atomic E-state index is -0.196. The maximum absolute atomic E-state index is 13.0. The Morgan fingerprint density at radius 2 is 1.84 bits per heavy atom. The maximum Gasteiger partial charge on any atom is 0.319 e. The number of nitrogens with one attached hydrogen (secondary N) is 3. The van der Waals surface area contributed by atoms with Gasteiger partial charge in [-0.1, -0.05) is 26.2 Å². The summed E-state index contributed by atoms with van der Waals surface area (Å²) in [4.78, 5) is 27.8. The summed E-state index contributed by atoms with van der Waals surface area (Å²) in [6.45, 7) is 5.34. The second-order valence-corrected chi connectivity index (χ2v) is 8.94. The van der Waals surface area contributed by atoms with Crippen LogP contribution in [0.1, 0.15) is 68.6 Å². The first-order valence-corrected chi connectivity index (χ1v) is 11.8. The van der Waals surface area contributed by atoms with Crippen LogP contribution in [0.3, 0.4) is 0 Å². The van der Waals surface area contributed by atoms with Gasteiger partial charge in [-0.3, -0.25) is 4.79 Å². The SMILES string of the molecule is COCCCNC(=O)c1cc(NC(=O)NC2CCCCC2)ccc1N1CCC(C)CC1. The van der Waals surface area contributed by atoms with E-state index in [1.165, 1.54) is 19.3 Å². The van der Waals surface area contributed by atoms with Gasteiger partial charge in [0.15, 0.2) is 0 Å². The molecule has 3 rings (SSSR count). The van der Waals surface area contributed by atoms with Gasteiger partial charge in [-0.05, 0) is 56.2 Å². The van der Waals surface area contributed by atoms with Crippen molar-refractivity contribution >= 4 is 23.3 Å². The molecule has 0 aromatic heterocycles. The number of carbonyl (C=O) groups is 2. The summed E-state index contributed by atoms with van der Waals surface area (Å²) >= 11 is 0. The normalized spacial score (nSPS) is 17.9. The van der Waals surface area contributed by atoms with E-state index in [1.54, 1.807) is 13.2 Å². The van der Waals surface area contributed by atoms with Crippen LogP contribution in [0.2, 0.25) is 0 Å². The Hall–Kier alpha value is -2.28. The second kappa shape index (κ2) is 11.9. The highest BCUT2D eigenvalue weighted by Crippen LogP contribution is 2.29. The van der Waals surface area contributed by atoms with E-state index in [2.05, 4.69) is 27.8 Å². The third kappa shape index (κ3) is 7.13. The monoisotopic (exact) mass is 430 g/mol. The predicted molar refractivity (Wildman–Crippen MR) is 125 cm³/mol. The van der Waals surface area contributed by atoms with Crippen molar-refractivity contribution in [3.63, 3.8) is 0 Å². The van der Waals surface area contributed by atoms with Gasteiger partial charge < -0.3 is 25.6 Å². The van der Waals surface area contributed by atoms with Crippen LogP contribution >= 0.6 is 0 Å². The van der Waals surface area contributed by atoms with Gasteiger partial charge in [0.1, 0.15) is 0 Å². The molecular formula is C24H38N4O3. The molecule has 0 atom stereocenters. The Kier molecular flexibility index (Phi) is 9.00. The lowest BCUT2D eigenvalue weighted by atomic mass is 9.96. The summed E-state index contributed by atoms with van der Waals surface area (Å²) in [6.07, 6.45) is 8.67. The lowest BCUT2D eigenvalue weighted by Crippen LogP contribution is -2.39. The molecule has 172 valence electrons. The fourth-order valence-corrected chi connectivity index (χ4v) is 4.43. The number of urea groups is 1. The van der Waals surface area contributed by atoms with E-state index >= 15 is 0 Å². The number of rotatable bonds is 8. The van der Waals surface area contributed by atoms with Crippen LogP contribution in [-0.2, 0) is 4.74 Å². The van der Waals surface area contributed by atoms with E-state index in [9.17, 15) is 9.59 Å². The molecule has 31 heavy (non-hydrogen) atoms. The number of hydrogen-bond donors (Lipinski definition) is 3. The Bertz CT molecular complexity index is 726. The quantitative estimate of drug-likeness (QED) is 0.541. The average Bonchev–Trinajstić information content (AvgIpc) is 2.78.